The van der Waals surface area contributed by atoms with Gasteiger partial charge in [-0.3, -0.25) is 9.10 Å². The number of sulfonamides is 1. The summed E-state index contributed by atoms with van der Waals surface area (Å²) in [7, 11) is -1.60. The van der Waals surface area contributed by atoms with Crippen molar-refractivity contribution in [3.8, 4) is 6.07 Å². The van der Waals surface area contributed by atoms with E-state index >= 15 is 0 Å². The second-order valence-electron chi connectivity index (χ2n) is 6.27. The summed E-state index contributed by atoms with van der Waals surface area (Å²) >= 11 is 0. The van der Waals surface area contributed by atoms with E-state index in [0.29, 0.717) is 36.3 Å². The second-order valence-corrected chi connectivity index (χ2v) is 8.28. The van der Waals surface area contributed by atoms with Crippen LogP contribution in [-0.2, 0) is 16.6 Å². The molecule has 0 atom stereocenters. The Morgan fingerprint density at radius 3 is 2.69 bits per heavy atom. The summed E-state index contributed by atoms with van der Waals surface area (Å²) in [5, 5.41) is 8.98. The van der Waals surface area contributed by atoms with E-state index in [-0.39, 0.29) is 11.7 Å². The molecule has 1 saturated heterocycles. The van der Waals surface area contributed by atoms with Crippen LogP contribution in [0.4, 0.5) is 5.69 Å². The number of amides is 1. The van der Waals surface area contributed by atoms with Crippen LogP contribution in [0.3, 0.4) is 0 Å². The fraction of sp³-hybridized carbons (Fsp3) is 0.263. The molecular weight excluding hydrogens is 350 g/mol. The maximum Gasteiger partial charge on any atom is 0.253 e. The van der Waals surface area contributed by atoms with Gasteiger partial charge in [0, 0.05) is 25.7 Å². The van der Waals surface area contributed by atoms with Crippen LogP contribution in [0.2, 0.25) is 0 Å². The van der Waals surface area contributed by atoms with Gasteiger partial charge >= 0.3 is 0 Å². The van der Waals surface area contributed by atoms with E-state index in [0.717, 1.165) is 5.56 Å². The molecule has 0 aromatic heterocycles. The van der Waals surface area contributed by atoms with Crippen molar-refractivity contribution in [3.05, 3.63) is 65.2 Å². The van der Waals surface area contributed by atoms with Gasteiger partial charge in [-0.15, -0.1) is 0 Å². The summed E-state index contributed by atoms with van der Waals surface area (Å²) in [5.74, 6) is -0.0638. The van der Waals surface area contributed by atoms with Crippen LogP contribution in [0.15, 0.2) is 48.5 Å². The van der Waals surface area contributed by atoms with Crippen LogP contribution >= 0.6 is 0 Å². The highest BCUT2D eigenvalue weighted by Gasteiger charge is 2.28. The largest absolute Gasteiger partial charge is 0.337 e. The number of rotatable bonds is 4. The molecule has 0 unspecified atom stereocenters. The Balaban J connectivity index is 1.79. The first kappa shape index (κ1) is 18.0. The minimum absolute atomic E-state index is 0.139. The monoisotopic (exact) mass is 369 g/mol. The zero-order valence-corrected chi connectivity index (χ0v) is 15.2. The van der Waals surface area contributed by atoms with Gasteiger partial charge in [-0.1, -0.05) is 18.2 Å². The standard InChI is InChI=1S/C19H19N3O3S/c1-21(14-16-6-2-5-15(11-16)13-20)19(23)17-7-3-8-18(12-17)22-9-4-10-26(22,24)25/h2-3,5-8,11-12H,4,9-10,14H2,1H3. The van der Waals surface area contributed by atoms with Crippen LogP contribution in [0, 0.1) is 11.3 Å². The van der Waals surface area contributed by atoms with Gasteiger partial charge in [0.25, 0.3) is 5.91 Å². The Morgan fingerprint density at radius 1 is 1.23 bits per heavy atom. The zero-order chi connectivity index (χ0) is 18.7. The molecule has 134 valence electrons. The Morgan fingerprint density at radius 2 is 2.00 bits per heavy atom. The summed E-state index contributed by atoms with van der Waals surface area (Å²) in [6.45, 7) is 0.803. The molecule has 0 radical (unpaired) electrons. The Labute approximate surface area is 153 Å². The highest BCUT2D eigenvalue weighted by atomic mass is 32.2. The molecule has 26 heavy (non-hydrogen) atoms. The third kappa shape index (κ3) is 3.70. The number of hydrogen-bond acceptors (Lipinski definition) is 4. The van der Waals surface area contributed by atoms with Gasteiger partial charge in [-0.25, -0.2) is 8.42 Å². The molecule has 2 aromatic carbocycles. The first-order valence-corrected chi connectivity index (χ1v) is 9.86. The summed E-state index contributed by atoms with van der Waals surface area (Å²) in [6.07, 6.45) is 0.593. The first-order chi connectivity index (χ1) is 12.4. The van der Waals surface area contributed by atoms with Crippen molar-refractivity contribution in [2.75, 3.05) is 23.7 Å². The molecule has 1 amide bonds. The van der Waals surface area contributed by atoms with Gasteiger partial charge in [0.15, 0.2) is 0 Å². The van der Waals surface area contributed by atoms with Crippen molar-refractivity contribution >= 4 is 21.6 Å². The maximum absolute atomic E-state index is 12.7. The minimum Gasteiger partial charge on any atom is -0.337 e. The van der Waals surface area contributed by atoms with Crippen molar-refractivity contribution in [1.82, 2.24) is 4.90 Å². The van der Waals surface area contributed by atoms with Crippen LogP contribution < -0.4 is 4.31 Å². The summed E-state index contributed by atoms with van der Waals surface area (Å²) in [5.41, 5.74) is 2.36. The number of carbonyl (C=O) groups excluding carboxylic acids is 1. The van der Waals surface area contributed by atoms with Gasteiger partial charge in [0.05, 0.1) is 23.1 Å². The molecule has 7 heteroatoms. The number of nitriles is 1. The van der Waals surface area contributed by atoms with E-state index in [1.165, 1.54) is 4.31 Å². The molecule has 6 nitrogen and oxygen atoms in total. The molecule has 1 aliphatic heterocycles. The molecule has 2 aromatic rings. The van der Waals surface area contributed by atoms with E-state index in [9.17, 15) is 13.2 Å². The van der Waals surface area contributed by atoms with Crippen molar-refractivity contribution in [2.24, 2.45) is 0 Å². The third-order valence-electron chi connectivity index (χ3n) is 4.30. The summed E-state index contributed by atoms with van der Waals surface area (Å²) < 4.78 is 25.5. The molecule has 0 bridgehead atoms. The number of anilines is 1. The molecule has 1 heterocycles. The fourth-order valence-electron chi connectivity index (χ4n) is 3.03. The zero-order valence-electron chi connectivity index (χ0n) is 14.4. The number of hydrogen-bond donors (Lipinski definition) is 0. The first-order valence-electron chi connectivity index (χ1n) is 8.26. The number of carbonyl (C=O) groups is 1. The molecule has 0 saturated carbocycles. The smallest absolute Gasteiger partial charge is 0.253 e. The lowest BCUT2D eigenvalue weighted by molar-refractivity contribution is 0.0785. The summed E-state index contributed by atoms with van der Waals surface area (Å²) in [6, 6.07) is 15.9. The van der Waals surface area contributed by atoms with E-state index < -0.39 is 10.0 Å². The predicted octanol–water partition coefficient (Wildman–Crippen LogP) is 2.37. The number of benzene rings is 2. The molecular formula is C19H19N3O3S. The van der Waals surface area contributed by atoms with Gasteiger partial charge in [-0.2, -0.15) is 5.26 Å². The molecule has 1 aliphatic rings. The SMILES string of the molecule is CN(Cc1cccc(C#N)c1)C(=O)c1cccc(N2CCCS2(=O)=O)c1. The topological polar surface area (TPSA) is 81.5 Å². The Hall–Kier alpha value is -2.85. The Kier molecular flexibility index (Phi) is 4.96. The van der Waals surface area contributed by atoms with Crippen molar-refractivity contribution in [1.29, 1.82) is 5.26 Å². The molecule has 0 spiro atoms. The lowest BCUT2D eigenvalue weighted by Gasteiger charge is -2.20. The molecule has 0 aliphatic carbocycles. The van der Waals surface area contributed by atoms with Crippen molar-refractivity contribution in [2.45, 2.75) is 13.0 Å². The van der Waals surface area contributed by atoms with E-state index in [1.54, 1.807) is 54.4 Å². The normalized spacial score (nSPS) is 15.5. The quantitative estimate of drug-likeness (QED) is 0.828. The summed E-state index contributed by atoms with van der Waals surface area (Å²) in [4.78, 5) is 14.3. The number of nitrogens with zero attached hydrogens (tertiary/aromatic N) is 3. The highest BCUT2D eigenvalue weighted by molar-refractivity contribution is 7.93. The van der Waals surface area contributed by atoms with Crippen molar-refractivity contribution < 1.29 is 13.2 Å². The average Bonchev–Trinajstić information content (AvgIpc) is 3.00. The lowest BCUT2D eigenvalue weighted by atomic mass is 10.1. The van der Waals surface area contributed by atoms with Gasteiger partial charge in [-0.05, 0) is 42.3 Å². The van der Waals surface area contributed by atoms with Crippen LogP contribution in [0.1, 0.15) is 27.9 Å². The third-order valence-corrected chi connectivity index (χ3v) is 6.17. The molecule has 0 N–H and O–H groups in total. The minimum atomic E-state index is -3.28. The fourth-order valence-corrected chi connectivity index (χ4v) is 4.59. The maximum atomic E-state index is 12.7. The predicted molar refractivity (Wildman–Crippen MR) is 99.1 cm³/mol. The van der Waals surface area contributed by atoms with Gasteiger partial charge in [0.2, 0.25) is 10.0 Å². The molecule has 3 rings (SSSR count). The van der Waals surface area contributed by atoms with E-state index in [4.69, 9.17) is 5.26 Å². The van der Waals surface area contributed by atoms with Crippen LogP contribution in [-0.4, -0.2) is 38.6 Å². The highest BCUT2D eigenvalue weighted by Crippen LogP contribution is 2.25. The van der Waals surface area contributed by atoms with E-state index in [2.05, 4.69) is 6.07 Å². The molecule has 1 fully saturated rings. The van der Waals surface area contributed by atoms with Crippen LogP contribution in [0.5, 0.6) is 0 Å². The second kappa shape index (κ2) is 7.18. The van der Waals surface area contributed by atoms with Crippen LogP contribution in [0.25, 0.3) is 0 Å². The van der Waals surface area contributed by atoms with Gasteiger partial charge < -0.3 is 4.90 Å². The lowest BCUT2D eigenvalue weighted by Crippen LogP contribution is -2.28. The van der Waals surface area contributed by atoms with E-state index in [1.807, 2.05) is 6.07 Å². The van der Waals surface area contributed by atoms with Crippen molar-refractivity contribution in [3.63, 3.8) is 0 Å². The Bertz CT molecular complexity index is 980. The average molecular weight is 369 g/mol. The van der Waals surface area contributed by atoms with Gasteiger partial charge in [0.1, 0.15) is 0 Å².